The first-order valence-electron chi connectivity index (χ1n) is 12.3. The summed E-state index contributed by atoms with van der Waals surface area (Å²) in [5, 5.41) is 0.719. The van der Waals surface area contributed by atoms with Crippen molar-refractivity contribution in [1.29, 1.82) is 0 Å². The molecule has 36 heavy (non-hydrogen) atoms. The molecule has 1 saturated heterocycles. The number of nitrogens with zero attached hydrogens (tertiary/aromatic N) is 3. The van der Waals surface area contributed by atoms with Crippen molar-refractivity contribution in [2.24, 2.45) is 0 Å². The van der Waals surface area contributed by atoms with Gasteiger partial charge in [-0.1, -0.05) is 72.0 Å². The summed E-state index contributed by atoms with van der Waals surface area (Å²) in [7, 11) is 1.66. The zero-order valence-corrected chi connectivity index (χ0v) is 21.6. The molecule has 1 amide bonds. The molecule has 0 bridgehead atoms. The Bertz CT molecular complexity index is 1320. The van der Waals surface area contributed by atoms with Crippen LogP contribution in [0.2, 0.25) is 0 Å². The lowest BCUT2D eigenvalue weighted by Gasteiger charge is -2.29. The number of ether oxygens (including phenoxy) is 2. The van der Waals surface area contributed by atoms with Crippen molar-refractivity contribution in [2.45, 2.75) is 13.3 Å². The Labute approximate surface area is 216 Å². The molecular weight excluding hydrogens is 470 g/mol. The quantitative estimate of drug-likeness (QED) is 0.333. The molecule has 3 aromatic carbocycles. The first-order chi connectivity index (χ1) is 17.6. The average molecular weight is 502 g/mol. The number of amides is 1. The molecule has 0 unspecified atom stereocenters. The molecule has 1 fully saturated rings. The minimum atomic E-state index is 0.0476. The first-order valence-corrected chi connectivity index (χ1v) is 13.1. The van der Waals surface area contributed by atoms with Gasteiger partial charge < -0.3 is 9.47 Å². The summed E-state index contributed by atoms with van der Waals surface area (Å²) >= 11 is 1.56. The maximum absolute atomic E-state index is 13.7. The molecule has 0 aliphatic carbocycles. The van der Waals surface area contributed by atoms with Gasteiger partial charge in [-0.2, -0.15) is 0 Å². The maximum atomic E-state index is 13.7. The highest BCUT2D eigenvalue weighted by Crippen LogP contribution is 2.36. The second-order valence-electron chi connectivity index (χ2n) is 9.00. The number of fused-ring (bicyclic) bond motifs is 1. The van der Waals surface area contributed by atoms with E-state index in [1.807, 2.05) is 47.4 Å². The number of aryl methyl sites for hydroxylation is 1. The van der Waals surface area contributed by atoms with Crippen LogP contribution < -0.4 is 9.64 Å². The van der Waals surface area contributed by atoms with Gasteiger partial charge in [-0.05, 0) is 35.2 Å². The van der Waals surface area contributed by atoms with Gasteiger partial charge in [0, 0.05) is 26.2 Å². The Morgan fingerprint density at radius 3 is 2.47 bits per heavy atom. The van der Waals surface area contributed by atoms with E-state index in [4.69, 9.17) is 14.5 Å². The maximum Gasteiger partial charge on any atom is 0.233 e. The number of thiazole rings is 1. The molecule has 4 aromatic rings. The van der Waals surface area contributed by atoms with Crippen LogP contribution in [0.25, 0.3) is 21.3 Å². The van der Waals surface area contributed by atoms with E-state index in [-0.39, 0.29) is 5.91 Å². The Balaban J connectivity index is 1.39. The number of methoxy groups -OCH3 is 1. The van der Waals surface area contributed by atoms with Crippen molar-refractivity contribution in [3.8, 4) is 16.9 Å². The van der Waals surface area contributed by atoms with Crippen LogP contribution in [0.3, 0.4) is 0 Å². The Morgan fingerprint density at radius 1 is 1.03 bits per heavy atom. The van der Waals surface area contributed by atoms with Gasteiger partial charge in [-0.25, -0.2) is 4.98 Å². The summed E-state index contributed by atoms with van der Waals surface area (Å²) in [6.07, 6.45) is 0.324. The van der Waals surface area contributed by atoms with Crippen LogP contribution in [-0.2, 0) is 16.0 Å². The third-order valence-electron chi connectivity index (χ3n) is 6.60. The summed E-state index contributed by atoms with van der Waals surface area (Å²) in [6, 6.07) is 22.5. The SMILES string of the molecule is COc1ccc(C)c2sc(N(CCN3CCOCC3)C(=O)Cc3ccc(-c4ccccc4)cc3)nc12. The third kappa shape index (κ3) is 5.43. The normalized spacial score (nSPS) is 14.2. The van der Waals surface area contributed by atoms with Crippen LogP contribution >= 0.6 is 11.3 Å². The van der Waals surface area contributed by atoms with E-state index in [0.717, 1.165) is 70.6 Å². The van der Waals surface area contributed by atoms with E-state index >= 15 is 0 Å². The average Bonchev–Trinajstić information content (AvgIpc) is 3.37. The molecule has 2 heterocycles. The highest BCUT2D eigenvalue weighted by atomic mass is 32.1. The third-order valence-corrected chi connectivity index (χ3v) is 7.82. The van der Waals surface area contributed by atoms with Crippen molar-refractivity contribution in [3.05, 3.63) is 77.9 Å². The largest absolute Gasteiger partial charge is 0.494 e. The van der Waals surface area contributed by atoms with Crippen molar-refractivity contribution in [3.63, 3.8) is 0 Å². The second kappa shape index (κ2) is 11.2. The number of rotatable bonds is 8. The number of hydrogen-bond acceptors (Lipinski definition) is 6. The van der Waals surface area contributed by atoms with Crippen LogP contribution in [0.4, 0.5) is 5.13 Å². The van der Waals surface area contributed by atoms with Crippen molar-refractivity contribution in [2.75, 3.05) is 51.4 Å². The fourth-order valence-corrected chi connectivity index (χ4v) is 5.58. The van der Waals surface area contributed by atoms with Gasteiger partial charge in [0.05, 0.1) is 31.4 Å². The van der Waals surface area contributed by atoms with Crippen LogP contribution in [0, 0.1) is 6.92 Å². The van der Waals surface area contributed by atoms with Crippen LogP contribution in [-0.4, -0.2) is 62.3 Å². The Kier molecular flexibility index (Phi) is 7.60. The molecular formula is C29H31N3O3S. The molecule has 0 atom stereocenters. The summed E-state index contributed by atoms with van der Waals surface area (Å²) in [5.74, 6) is 0.779. The molecule has 6 nitrogen and oxygen atoms in total. The number of anilines is 1. The number of benzene rings is 3. The van der Waals surface area contributed by atoms with E-state index in [1.54, 1.807) is 18.4 Å². The molecule has 1 aromatic heterocycles. The lowest BCUT2D eigenvalue weighted by molar-refractivity contribution is -0.118. The fraction of sp³-hybridized carbons (Fsp3) is 0.310. The molecule has 1 aliphatic rings. The number of carbonyl (C=O) groups is 1. The highest BCUT2D eigenvalue weighted by Gasteiger charge is 2.23. The lowest BCUT2D eigenvalue weighted by atomic mass is 10.0. The molecule has 0 radical (unpaired) electrons. The fourth-order valence-electron chi connectivity index (χ4n) is 4.49. The number of morpholine rings is 1. The predicted molar refractivity (Wildman–Crippen MR) is 146 cm³/mol. The summed E-state index contributed by atoms with van der Waals surface area (Å²) in [4.78, 5) is 22.8. The van der Waals surface area contributed by atoms with Gasteiger partial charge >= 0.3 is 0 Å². The number of carbonyl (C=O) groups excluding carboxylic acids is 1. The van der Waals surface area contributed by atoms with E-state index in [1.165, 1.54) is 5.56 Å². The van der Waals surface area contributed by atoms with Gasteiger partial charge in [-0.15, -0.1) is 0 Å². The van der Waals surface area contributed by atoms with Gasteiger partial charge in [0.2, 0.25) is 5.91 Å². The van der Waals surface area contributed by atoms with Crippen molar-refractivity contribution in [1.82, 2.24) is 9.88 Å². The Hall–Kier alpha value is -3.26. The number of aromatic nitrogens is 1. The molecule has 0 spiro atoms. The first kappa shape index (κ1) is 24.4. The van der Waals surface area contributed by atoms with E-state index in [0.29, 0.717) is 13.0 Å². The molecule has 7 heteroatoms. The summed E-state index contributed by atoms with van der Waals surface area (Å²) < 4.78 is 12.1. The van der Waals surface area contributed by atoms with Crippen molar-refractivity contribution < 1.29 is 14.3 Å². The molecule has 0 saturated carbocycles. The summed E-state index contributed by atoms with van der Waals surface area (Å²) in [6.45, 7) is 6.68. The zero-order valence-electron chi connectivity index (χ0n) is 20.8. The minimum Gasteiger partial charge on any atom is -0.494 e. The zero-order chi connectivity index (χ0) is 24.9. The lowest BCUT2D eigenvalue weighted by Crippen LogP contribution is -2.43. The van der Waals surface area contributed by atoms with Gasteiger partial charge in [-0.3, -0.25) is 14.6 Å². The molecule has 1 aliphatic heterocycles. The molecule has 5 rings (SSSR count). The Morgan fingerprint density at radius 2 is 1.75 bits per heavy atom. The standard InChI is InChI=1S/C29H31N3O3S/c1-21-8-13-25(34-2)27-28(21)36-29(30-27)32(15-14-31-16-18-35-19-17-31)26(33)20-22-9-11-24(12-10-22)23-6-4-3-5-7-23/h3-13H,14-20H2,1-2H3. The van der Waals surface area contributed by atoms with Crippen LogP contribution in [0.5, 0.6) is 5.75 Å². The topological polar surface area (TPSA) is 54.9 Å². The van der Waals surface area contributed by atoms with Gasteiger partial charge in [0.1, 0.15) is 11.3 Å². The van der Waals surface area contributed by atoms with E-state index in [9.17, 15) is 4.79 Å². The monoisotopic (exact) mass is 501 g/mol. The minimum absolute atomic E-state index is 0.0476. The van der Waals surface area contributed by atoms with E-state index < -0.39 is 0 Å². The second-order valence-corrected chi connectivity index (χ2v) is 9.98. The van der Waals surface area contributed by atoms with Crippen LogP contribution in [0.1, 0.15) is 11.1 Å². The van der Waals surface area contributed by atoms with Crippen molar-refractivity contribution >= 4 is 32.6 Å². The highest BCUT2D eigenvalue weighted by molar-refractivity contribution is 7.22. The molecule has 0 N–H and O–H groups in total. The van der Waals surface area contributed by atoms with Gasteiger partial charge in [0.25, 0.3) is 0 Å². The number of hydrogen-bond donors (Lipinski definition) is 0. The van der Waals surface area contributed by atoms with E-state index in [2.05, 4.69) is 36.1 Å². The molecule has 186 valence electrons. The van der Waals surface area contributed by atoms with Crippen LogP contribution in [0.15, 0.2) is 66.7 Å². The van der Waals surface area contributed by atoms with Gasteiger partial charge in [0.15, 0.2) is 5.13 Å². The smallest absolute Gasteiger partial charge is 0.233 e. The summed E-state index contributed by atoms with van der Waals surface area (Å²) in [5.41, 5.74) is 5.25. The predicted octanol–water partition coefficient (Wildman–Crippen LogP) is 5.19.